The van der Waals surface area contributed by atoms with Gasteiger partial charge >= 0.3 is 0 Å². The van der Waals surface area contributed by atoms with E-state index in [9.17, 15) is 0 Å². The van der Waals surface area contributed by atoms with Gasteiger partial charge in [-0.25, -0.2) is 9.97 Å². The summed E-state index contributed by atoms with van der Waals surface area (Å²) < 4.78 is 0. The van der Waals surface area contributed by atoms with Crippen molar-refractivity contribution in [3.8, 4) is 11.1 Å². The summed E-state index contributed by atoms with van der Waals surface area (Å²) in [5.74, 6) is 1.95. The van der Waals surface area contributed by atoms with E-state index in [2.05, 4.69) is 48.2 Å². The van der Waals surface area contributed by atoms with Gasteiger partial charge in [-0.05, 0) is 31.0 Å². The fourth-order valence-electron chi connectivity index (χ4n) is 3.32. The second kappa shape index (κ2) is 7.47. The van der Waals surface area contributed by atoms with Crippen LogP contribution in [0.1, 0.15) is 12.1 Å². The lowest BCUT2D eigenvalue weighted by molar-refractivity contribution is 0.782. The van der Waals surface area contributed by atoms with Crippen molar-refractivity contribution in [1.82, 2.24) is 20.2 Å². The zero-order valence-electron chi connectivity index (χ0n) is 14.9. The number of rotatable bonds is 3. The molecule has 0 saturated carbocycles. The summed E-state index contributed by atoms with van der Waals surface area (Å²) in [4.78, 5) is 13.5. The SMILES string of the molecule is Cc1ccc(N2CCCN(c3ncncc3-c3ccccc3)CC2)nn1. The van der Waals surface area contributed by atoms with Gasteiger partial charge in [-0.2, -0.15) is 5.10 Å². The molecular formula is C20H22N6. The third kappa shape index (κ3) is 3.49. The number of aryl methyl sites for hydroxylation is 1. The van der Waals surface area contributed by atoms with Crippen LogP contribution in [-0.4, -0.2) is 46.3 Å². The summed E-state index contributed by atoms with van der Waals surface area (Å²) in [6, 6.07) is 14.4. The van der Waals surface area contributed by atoms with Gasteiger partial charge < -0.3 is 9.80 Å². The lowest BCUT2D eigenvalue weighted by Crippen LogP contribution is -2.32. The Kier molecular flexibility index (Phi) is 4.73. The average Bonchev–Trinajstić information content (AvgIpc) is 2.95. The summed E-state index contributed by atoms with van der Waals surface area (Å²) in [5, 5.41) is 8.53. The summed E-state index contributed by atoms with van der Waals surface area (Å²) in [6.45, 7) is 5.69. The molecule has 0 spiro atoms. The fraction of sp³-hybridized carbons (Fsp3) is 0.300. The smallest absolute Gasteiger partial charge is 0.151 e. The van der Waals surface area contributed by atoms with Crippen molar-refractivity contribution < 1.29 is 0 Å². The zero-order valence-corrected chi connectivity index (χ0v) is 14.9. The zero-order chi connectivity index (χ0) is 17.8. The van der Waals surface area contributed by atoms with Gasteiger partial charge in [0.1, 0.15) is 12.1 Å². The molecule has 3 heterocycles. The Morgan fingerprint density at radius 1 is 0.846 bits per heavy atom. The Balaban J connectivity index is 1.56. The highest BCUT2D eigenvalue weighted by atomic mass is 15.3. The van der Waals surface area contributed by atoms with Crippen LogP contribution in [0.5, 0.6) is 0 Å². The highest BCUT2D eigenvalue weighted by molar-refractivity contribution is 5.75. The normalized spacial score (nSPS) is 15.0. The highest BCUT2D eigenvalue weighted by Crippen LogP contribution is 2.28. The molecular weight excluding hydrogens is 324 g/mol. The van der Waals surface area contributed by atoms with E-state index in [-0.39, 0.29) is 0 Å². The largest absolute Gasteiger partial charge is 0.354 e. The summed E-state index contributed by atoms with van der Waals surface area (Å²) in [6.07, 6.45) is 4.59. The number of hydrogen-bond acceptors (Lipinski definition) is 6. The topological polar surface area (TPSA) is 58.0 Å². The van der Waals surface area contributed by atoms with E-state index in [0.717, 1.165) is 61.1 Å². The van der Waals surface area contributed by atoms with Gasteiger partial charge in [0.25, 0.3) is 0 Å². The van der Waals surface area contributed by atoms with Gasteiger partial charge in [0, 0.05) is 37.9 Å². The average molecular weight is 346 g/mol. The number of benzene rings is 1. The predicted molar refractivity (Wildman–Crippen MR) is 103 cm³/mol. The molecule has 132 valence electrons. The maximum Gasteiger partial charge on any atom is 0.151 e. The maximum atomic E-state index is 4.60. The van der Waals surface area contributed by atoms with Gasteiger partial charge in [-0.15, -0.1) is 5.10 Å². The quantitative estimate of drug-likeness (QED) is 0.727. The molecule has 6 nitrogen and oxygen atoms in total. The Bertz CT molecular complexity index is 850. The minimum atomic E-state index is 0.895. The van der Waals surface area contributed by atoms with Gasteiger partial charge in [-0.3, -0.25) is 0 Å². The van der Waals surface area contributed by atoms with Gasteiger partial charge in [0.05, 0.1) is 5.69 Å². The number of nitrogens with zero attached hydrogens (tertiary/aromatic N) is 6. The molecule has 0 unspecified atom stereocenters. The second-order valence-electron chi connectivity index (χ2n) is 6.49. The van der Waals surface area contributed by atoms with Gasteiger partial charge in [0.15, 0.2) is 5.82 Å². The molecule has 4 rings (SSSR count). The first kappa shape index (κ1) is 16.4. The molecule has 3 aromatic rings. The summed E-state index contributed by atoms with van der Waals surface area (Å²) in [5.41, 5.74) is 3.17. The monoisotopic (exact) mass is 346 g/mol. The Hall–Kier alpha value is -3.02. The third-order valence-corrected chi connectivity index (χ3v) is 4.68. The summed E-state index contributed by atoms with van der Waals surface area (Å²) in [7, 11) is 0. The standard InChI is InChI=1S/C20H22N6/c1-16-8-9-19(24-23-16)25-10-5-11-26(13-12-25)20-18(14-21-15-22-20)17-6-3-2-4-7-17/h2-4,6-9,14-15H,5,10-13H2,1H3. The van der Waals surface area contributed by atoms with Crippen LogP contribution in [0.2, 0.25) is 0 Å². The van der Waals surface area contributed by atoms with Crippen molar-refractivity contribution in [2.75, 3.05) is 36.0 Å². The minimum absolute atomic E-state index is 0.895. The van der Waals surface area contributed by atoms with E-state index in [0.29, 0.717) is 0 Å². The third-order valence-electron chi connectivity index (χ3n) is 4.68. The molecule has 0 aliphatic carbocycles. The first-order valence-electron chi connectivity index (χ1n) is 8.97. The van der Waals surface area contributed by atoms with Crippen LogP contribution in [0.25, 0.3) is 11.1 Å². The van der Waals surface area contributed by atoms with Crippen LogP contribution in [0.3, 0.4) is 0 Å². The van der Waals surface area contributed by atoms with Crippen molar-refractivity contribution in [3.63, 3.8) is 0 Å². The van der Waals surface area contributed by atoms with Crippen molar-refractivity contribution >= 4 is 11.6 Å². The molecule has 1 fully saturated rings. The summed E-state index contributed by atoms with van der Waals surface area (Å²) >= 11 is 0. The van der Waals surface area contributed by atoms with Gasteiger partial charge in [0.2, 0.25) is 0 Å². The molecule has 0 atom stereocenters. The van der Waals surface area contributed by atoms with Crippen molar-refractivity contribution in [1.29, 1.82) is 0 Å². The number of aromatic nitrogens is 4. The van der Waals surface area contributed by atoms with E-state index < -0.39 is 0 Å². The number of hydrogen-bond donors (Lipinski definition) is 0. The van der Waals surface area contributed by atoms with Crippen molar-refractivity contribution in [3.05, 3.63) is 60.7 Å². The molecule has 1 aromatic carbocycles. The number of anilines is 2. The maximum absolute atomic E-state index is 4.60. The molecule has 26 heavy (non-hydrogen) atoms. The molecule has 0 bridgehead atoms. The fourth-order valence-corrected chi connectivity index (χ4v) is 3.32. The van der Waals surface area contributed by atoms with E-state index in [4.69, 9.17) is 0 Å². The molecule has 0 N–H and O–H groups in total. The van der Waals surface area contributed by atoms with Crippen LogP contribution in [0.4, 0.5) is 11.6 Å². The van der Waals surface area contributed by atoms with E-state index in [1.165, 1.54) is 0 Å². The van der Waals surface area contributed by atoms with Crippen LogP contribution >= 0.6 is 0 Å². The molecule has 2 aromatic heterocycles. The first-order valence-corrected chi connectivity index (χ1v) is 8.97. The molecule has 0 radical (unpaired) electrons. The van der Waals surface area contributed by atoms with Crippen molar-refractivity contribution in [2.45, 2.75) is 13.3 Å². The van der Waals surface area contributed by atoms with Crippen LogP contribution in [0, 0.1) is 6.92 Å². The van der Waals surface area contributed by atoms with Crippen molar-refractivity contribution in [2.24, 2.45) is 0 Å². The molecule has 1 aliphatic heterocycles. The lowest BCUT2D eigenvalue weighted by atomic mass is 10.1. The molecule has 1 saturated heterocycles. The molecule has 1 aliphatic rings. The van der Waals surface area contributed by atoms with Gasteiger partial charge in [-0.1, -0.05) is 30.3 Å². The van der Waals surface area contributed by atoms with Crippen LogP contribution in [-0.2, 0) is 0 Å². The van der Waals surface area contributed by atoms with E-state index in [1.807, 2.05) is 37.4 Å². The van der Waals surface area contributed by atoms with E-state index >= 15 is 0 Å². The Labute approximate surface area is 153 Å². The molecule has 6 heteroatoms. The first-order chi connectivity index (χ1) is 12.8. The Morgan fingerprint density at radius 2 is 1.65 bits per heavy atom. The minimum Gasteiger partial charge on any atom is -0.354 e. The lowest BCUT2D eigenvalue weighted by Gasteiger charge is -2.24. The predicted octanol–water partition coefficient (Wildman–Crippen LogP) is 2.96. The van der Waals surface area contributed by atoms with Crippen LogP contribution < -0.4 is 9.80 Å². The van der Waals surface area contributed by atoms with Crippen LogP contribution in [0.15, 0.2) is 55.0 Å². The Morgan fingerprint density at radius 3 is 2.46 bits per heavy atom. The highest BCUT2D eigenvalue weighted by Gasteiger charge is 2.20. The van der Waals surface area contributed by atoms with E-state index in [1.54, 1.807) is 6.33 Å². The molecule has 0 amide bonds. The second-order valence-corrected chi connectivity index (χ2v) is 6.49.